The maximum Gasteiger partial charge on any atom is 0.338 e. The largest absolute Gasteiger partial charge is 0.469 e. The molecule has 0 fully saturated rings. The second kappa shape index (κ2) is 9.62. The first kappa shape index (κ1) is 22.8. The highest BCUT2D eigenvalue weighted by atomic mass is 16.5. The number of nitrogens with one attached hydrogen (secondary N) is 1. The van der Waals surface area contributed by atoms with Crippen LogP contribution in [0.5, 0.6) is 0 Å². The number of carbonyl (C=O) groups is 1. The third kappa shape index (κ3) is 4.41. The number of esters is 1. The van der Waals surface area contributed by atoms with E-state index in [-0.39, 0.29) is 17.5 Å². The standard InChI is InChI=1S/C27H26N4O3/c1-18-25(20-11-8-19(9-12-20)10-17-24(32)34-2)31(22-6-4-3-5-7-22)27(33)30(18)23-15-13-21(14-16-23)26(28)29/h3-9,11-16H,10,17H2,1-2H3,(H3,28,29). The van der Waals surface area contributed by atoms with Crippen LogP contribution in [0.25, 0.3) is 22.6 Å². The molecule has 3 N–H and O–H groups in total. The average molecular weight is 455 g/mol. The molecule has 7 heteroatoms. The van der Waals surface area contributed by atoms with Crippen molar-refractivity contribution in [3.8, 4) is 22.6 Å². The molecule has 0 aliphatic rings. The fraction of sp³-hybridized carbons (Fsp3) is 0.148. The van der Waals surface area contributed by atoms with Crippen LogP contribution >= 0.6 is 0 Å². The molecule has 0 unspecified atom stereocenters. The number of benzene rings is 3. The van der Waals surface area contributed by atoms with Gasteiger partial charge in [-0.15, -0.1) is 0 Å². The quantitative estimate of drug-likeness (QED) is 0.250. The fourth-order valence-corrected chi connectivity index (χ4v) is 4.03. The molecule has 0 amide bonds. The zero-order valence-electron chi connectivity index (χ0n) is 19.1. The number of imidazole rings is 1. The molecule has 0 saturated heterocycles. The normalized spacial score (nSPS) is 10.8. The summed E-state index contributed by atoms with van der Waals surface area (Å²) in [5, 5.41) is 7.62. The summed E-state index contributed by atoms with van der Waals surface area (Å²) in [5.74, 6) is -0.267. The molecule has 0 atom stereocenters. The zero-order chi connectivity index (χ0) is 24.2. The number of nitrogens with zero attached hydrogens (tertiary/aromatic N) is 2. The molecule has 0 radical (unpaired) electrons. The molecule has 1 heterocycles. The Morgan fingerprint density at radius 3 is 2.12 bits per heavy atom. The minimum atomic E-state index is -0.245. The van der Waals surface area contributed by atoms with E-state index in [1.165, 1.54) is 7.11 Å². The molecule has 172 valence electrons. The van der Waals surface area contributed by atoms with Crippen molar-refractivity contribution >= 4 is 11.8 Å². The number of ether oxygens (including phenoxy) is 1. The van der Waals surface area contributed by atoms with E-state index in [0.717, 1.165) is 28.2 Å². The number of para-hydroxylation sites is 1. The fourth-order valence-electron chi connectivity index (χ4n) is 4.03. The van der Waals surface area contributed by atoms with Gasteiger partial charge in [-0.1, -0.05) is 42.5 Å². The Hall–Kier alpha value is -4.39. The van der Waals surface area contributed by atoms with Crippen molar-refractivity contribution in [1.29, 1.82) is 5.41 Å². The van der Waals surface area contributed by atoms with Crippen LogP contribution in [0.2, 0.25) is 0 Å². The Bertz CT molecular complexity index is 1380. The molecule has 4 aromatic rings. The van der Waals surface area contributed by atoms with Crippen LogP contribution in [0.15, 0.2) is 83.7 Å². The molecule has 1 aromatic heterocycles. The molecule has 0 saturated carbocycles. The minimum Gasteiger partial charge on any atom is -0.469 e. The van der Waals surface area contributed by atoms with Crippen LogP contribution in [0.3, 0.4) is 0 Å². The van der Waals surface area contributed by atoms with Crippen molar-refractivity contribution in [2.75, 3.05) is 7.11 Å². The van der Waals surface area contributed by atoms with Gasteiger partial charge in [-0.3, -0.25) is 19.3 Å². The molecule has 34 heavy (non-hydrogen) atoms. The van der Waals surface area contributed by atoms with Gasteiger partial charge >= 0.3 is 11.7 Å². The summed E-state index contributed by atoms with van der Waals surface area (Å²) >= 11 is 0. The highest BCUT2D eigenvalue weighted by Gasteiger charge is 2.21. The van der Waals surface area contributed by atoms with E-state index < -0.39 is 0 Å². The Kier molecular flexibility index (Phi) is 6.45. The van der Waals surface area contributed by atoms with Gasteiger partial charge in [0.15, 0.2) is 0 Å². The van der Waals surface area contributed by atoms with Crippen LogP contribution in [-0.2, 0) is 16.0 Å². The first-order chi connectivity index (χ1) is 16.4. The molecular weight excluding hydrogens is 428 g/mol. The first-order valence-electron chi connectivity index (χ1n) is 10.9. The van der Waals surface area contributed by atoms with Gasteiger partial charge in [0, 0.05) is 23.2 Å². The molecule has 3 aromatic carbocycles. The lowest BCUT2D eigenvalue weighted by Crippen LogP contribution is -2.23. The second-order valence-electron chi connectivity index (χ2n) is 7.96. The molecule has 0 aliphatic carbocycles. The first-order valence-corrected chi connectivity index (χ1v) is 10.9. The number of nitrogen functional groups attached to an aromatic ring is 1. The zero-order valence-corrected chi connectivity index (χ0v) is 19.1. The number of aromatic nitrogens is 2. The smallest absolute Gasteiger partial charge is 0.338 e. The number of hydrogen-bond donors (Lipinski definition) is 2. The Morgan fingerprint density at radius 1 is 0.912 bits per heavy atom. The van der Waals surface area contributed by atoms with Crippen LogP contribution in [-0.4, -0.2) is 28.0 Å². The summed E-state index contributed by atoms with van der Waals surface area (Å²) < 4.78 is 8.10. The van der Waals surface area contributed by atoms with Gasteiger partial charge in [0.2, 0.25) is 0 Å². The number of nitrogens with two attached hydrogens (primary N) is 1. The van der Waals surface area contributed by atoms with E-state index in [9.17, 15) is 9.59 Å². The van der Waals surface area contributed by atoms with Crippen molar-refractivity contribution in [3.63, 3.8) is 0 Å². The summed E-state index contributed by atoms with van der Waals surface area (Å²) in [4.78, 5) is 25.2. The van der Waals surface area contributed by atoms with Gasteiger partial charge in [0.1, 0.15) is 5.84 Å². The Morgan fingerprint density at radius 2 is 1.53 bits per heavy atom. The van der Waals surface area contributed by atoms with Crippen molar-refractivity contribution in [3.05, 3.63) is 106 Å². The minimum absolute atomic E-state index is 0.0227. The van der Waals surface area contributed by atoms with Crippen molar-refractivity contribution in [2.45, 2.75) is 19.8 Å². The third-order valence-corrected chi connectivity index (χ3v) is 5.81. The number of methoxy groups -OCH3 is 1. The Balaban J connectivity index is 1.83. The van der Waals surface area contributed by atoms with Crippen LogP contribution < -0.4 is 11.4 Å². The number of carbonyl (C=O) groups excluding carboxylic acids is 1. The summed E-state index contributed by atoms with van der Waals surface area (Å²) in [5.41, 5.74) is 10.9. The van der Waals surface area contributed by atoms with Gasteiger partial charge in [-0.05, 0) is 55.3 Å². The number of aryl methyl sites for hydroxylation is 1. The lowest BCUT2D eigenvalue weighted by atomic mass is 10.0. The molecule has 0 aliphatic heterocycles. The summed E-state index contributed by atoms with van der Waals surface area (Å²) in [6.07, 6.45) is 0.900. The van der Waals surface area contributed by atoms with E-state index in [4.69, 9.17) is 15.9 Å². The van der Waals surface area contributed by atoms with Gasteiger partial charge in [-0.2, -0.15) is 0 Å². The molecule has 7 nitrogen and oxygen atoms in total. The number of rotatable bonds is 7. The lowest BCUT2D eigenvalue weighted by molar-refractivity contribution is -0.140. The van der Waals surface area contributed by atoms with E-state index in [1.807, 2.05) is 61.5 Å². The van der Waals surface area contributed by atoms with Gasteiger partial charge < -0.3 is 10.5 Å². The van der Waals surface area contributed by atoms with E-state index in [0.29, 0.717) is 24.1 Å². The highest BCUT2D eigenvalue weighted by molar-refractivity contribution is 5.95. The number of amidine groups is 1. The molecule has 0 spiro atoms. The van der Waals surface area contributed by atoms with Crippen molar-refractivity contribution in [2.24, 2.45) is 5.73 Å². The molecular formula is C27H26N4O3. The summed E-state index contributed by atoms with van der Waals surface area (Å²) in [6, 6.07) is 24.4. The van der Waals surface area contributed by atoms with Gasteiger partial charge in [0.25, 0.3) is 0 Å². The van der Waals surface area contributed by atoms with E-state index in [1.54, 1.807) is 33.4 Å². The van der Waals surface area contributed by atoms with E-state index >= 15 is 0 Å². The highest BCUT2D eigenvalue weighted by Crippen LogP contribution is 2.28. The summed E-state index contributed by atoms with van der Waals surface area (Å²) in [6.45, 7) is 1.92. The maximum atomic E-state index is 13.7. The van der Waals surface area contributed by atoms with Gasteiger partial charge in [-0.25, -0.2) is 4.79 Å². The van der Waals surface area contributed by atoms with Crippen LogP contribution in [0, 0.1) is 12.3 Å². The van der Waals surface area contributed by atoms with Crippen LogP contribution in [0.1, 0.15) is 23.2 Å². The SMILES string of the molecule is COC(=O)CCc1ccc(-c2c(C)n(-c3ccc(C(=N)N)cc3)c(=O)n2-c2ccccc2)cc1. The number of hydrogen-bond acceptors (Lipinski definition) is 4. The summed E-state index contributed by atoms with van der Waals surface area (Å²) in [7, 11) is 1.38. The topological polar surface area (TPSA) is 103 Å². The predicted molar refractivity (Wildman–Crippen MR) is 133 cm³/mol. The third-order valence-electron chi connectivity index (χ3n) is 5.81. The van der Waals surface area contributed by atoms with Crippen molar-refractivity contribution in [1.82, 2.24) is 9.13 Å². The second-order valence-corrected chi connectivity index (χ2v) is 7.96. The Labute approximate surface area is 197 Å². The van der Waals surface area contributed by atoms with E-state index in [2.05, 4.69) is 0 Å². The predicted octanol–water partition coefficient (Wildman–Crippen LogP) is 3.99. The monoisotopic (exact) mass is 454 g/mol. The lowest BCUT2D eigenvalue weighted by Gasteiger charge is -2.10. The van der Waals surface area contributed by atoms with Crippen LogP contribution in [0.4, 0.5) is 0 Å². The average Bonchev–Trinajstić information content (AvgIpc) is 3.13. The van der Waals surface area contributed by atoms with Gasteiger partial charge in [0.05, 0.1) is 24.2 Å². The molecule has 4 rings (SSSR count). The molecule has 0 bridgehead atoms. The maximum absolute atomic E-state index is 13.7. The van der Waals surface area contributed by atoms with Crippen molar-refractivity contribution < 1.29 is 9.53 Å².